The van der Waals surface area contributed by atoms with Crippen molar-refractivity contribution in [2.75, 3.05) is 0 Å². The van der Waals surface area contributed by atoms with E-state index in [2.05, 4.69) is 13.8 Å². The molecule has 0 nitrogen and oxygen atoms in total. The molecule has 1 radical (unpaired) electrons. The molecule has 0 bridgehead atoms. The van der Waals surface area contributed by atoms with Crippen LogP contribution in [-0.2, 0) is 32.7 Å². The summed E-state index contributed by atoms with van der Waals surface area (Å²) < 4.78 is 0. The molecule has 0 aromatic rings. The zero-order chi connectivity index (χ0) is 2.71. The Morgan fingerprint density at radius 3 is 1.00 bits per heavy atom. The maximum atomic E-state index is 2.12. The van der Waals surface area contributed by atoms with Gasteiger partial charge in [-0.2, -0.15) is 0 Å². The molecule has 0 aromatic carbocycles. The van der Waals surface area contributed by atoms with E-state index in [1.165, 1.54) is 6.42 Å². The summed E-state index contributed by atoms with van der Waals surface area (Å²) in [5, 5.41) is 0. The van der Waals surface area contributed by atoms with Crippen LogP contribution in [0.5, 0.6) is 0 Å². The summed E-state index contributed by atoms with van der Waals surface area (Å²) in [6, 6.07) is 0. The molecule has 1 heteroatoms. The van der Waals surface area contributed by atoms with Crippen molar-refractivity contribution in [1.82, 2.24) is 0 Å². The van der Waals surface area contributed by atoms with Gasteiger partial charge in [-0.05, 0) is 0 Å². The van der Waals surface area contributed by atoms with Gasteiger partial charge in [0.05, 0.1) is 0 Å². The fraction of sp³-hybridized carbons (Fsp3) is 0.667. The molecule has 0 N–H and O–H groups in total. The molecule has 0 aliphatic heterocycles. The first-order valence-corrected chi connectivity index (χ1v) is 1.41. The third-order valence-electron chi connectivity index (χ3n) is 0. The van der Waals surface area contributed by atoms with Crippen molar-refractivity contribution in [2.45, 2.75) is 27.7 Å². The molecule has 0 rings (SSSR count). The Morgan fingerprint density at radius 1 is 1.00 bits per heavy atom. The van der Waals surface area contributed by atoms with Crippen LogP contribution in [0.3, 0.4) is 0 Å². The number of hydrogen-bond acceptors (Lipinski definition) is 0. The first-order chi connectivity index (χ1) is 1.41. The van der Waals surface area contributed by atoms with E-state index in [0.29, 0.717) is 0 Å². The second-order valence-electron chi connectivity index (χ2n) is 0.707. The van der Waals surface area contributed by atoms with Gasteiger partial charge in [-0.25, -0.2) is 0 Å². The first-order valence-electron chi connectivity index (χ1n) is 1.41. The molecule has 0 spiro atoms. The molecule has 0 atom stereocenters. The van der Waals surface area contributed by atoms with Gasteiger partial charge in [-0.15, -0.1) is 0 Å². The van der Waals surface area contributed by atoms with Crippen molar-refractivity contribution in [3.63, 3.8) is 0 Å². The minimum atomic E-state index is 0. The van der Waals surface area contributed by atoms with Crippen LogP contribution in [0.1, 0.15) is 27.7 Å². The second kappa shape index (κ2) is 59.8. The Morgan fingerprint density at radius 2 is 1.00 bits per heavy atom. The summed E-state index contributed by atoms with van der Waals surface area (Å²) in [5.74, 6) is 0. The molecule has 0 aromatic heterocycles. The van der Waals surface area contributed by atoms with E-state index < -0.39 is 0 Å². The zero-order valence-corrected chi connectivity index (χ0v) is 8.12. The van der Waals surface area contributed by atoms with Gasteiger partial charge in [0.15, 0.2) is 0 Å². The van der Waals surface area contributed by atoms with Crippen molar-refractivity contribution >= 4 is 0 Å². The number of rotatable bonds is 0. The third-order valence-corrected chi connectivity index (χ3v) is 0. The molecule has 0 heterocycles. The summed E-state index contributed by atoms with van der Waals surface area (Å²) in [4.78, 5) is 0. The maximum absolute atomic E-state index is 2.12. The predicted octanol–water partition coefficient (Wildman–Crippen LogP) is 2.95. The molecule has 0 saturated heterocycles. The van der Waals surface area contributed by atoms with E-state index >= 15 is 0 Å². The molecule has 7 heavy (non-hydrogen) atoms. The SMILES string of the molecule is C.CCC.[CH3-].[CH3-].[Y]. The Balaban J connectivity index is -0.00000000333. The Labute approximate surface area is 75.0 Å². The van der Waals surface area contributed by atoms with Gasteiger partial charge in [0.25, 0.3) is 0 Å². The van der Waals surface area contributed by atoms with Crippen LogP contribution in [0.2, 0.25) is 0 Å². The summed E-state index contributed by atoms with van der Waals surface area (Å²) in [6.45, 7) is 4.25. The molecule has 0 aliphatic rings. The van der Waals surface area contributed by atoms with Crippen LogP contribution in [-0.4, -0.2) is 0 Å². The van der Waals surface area contributed by atoms with Gasteiger partial charge in [0, 0.05) is 32.7 Å². The summed E-state index contributed by atoms with van der Waals surface area (Å²) in [5.41, 5.74) is 0. The van der Waals surface area contributed by atoms with Crippen molar-refractivity contribution in [1.29, 1.82) is 0 Å². The van der Waals surface area contributed by atoms with E-state index in [-0.39, 0.29) is 55.0 Å². The van der Waals surface area contributed by atoms with Crippen molar-refractivity contribution in [2.24, 2.45) is 0 Å². The van der Waals surface area contributed by atoms with Gasteiger partial charge < -0.3 is 14.9 Å². The average Bonchev–Trinajstić information content (AvgIpc) is 0.918. The molecule has 0 saturated carbocycles. The average molecular weight is 179 g/mol. The van der Waals surface area contributed by atoms with Gasteiger partial charge in [0.2, 0.25) is 0 Å². The Kier molecular flexibility index (Phi) is 363. The van der Waals surface area contributed by atoms with Crippen LogP contribution in [0, 0.1) is 14.9 Å². The monoisotopic (exact) mass is 179 g/mol. The van der Waals surface area contributed by atoms with Crippen LogP contribution < -0.4 is 0 Å². The maximum Gasteiger partial charge on any atom is 0 e. The second-order valence-corrected chi connectivity index (χ2v) is 0.707. The van der Waals surface area contributed by atoms with E-state index in [4.69, 9.17) is 0 Å². The van der Waals surface area contributed by atoms with Crippen molar-refractivity contribution in [3.05, 3.63) is 14.9 Å². The summed E-state index contributed by atoms with van der Waals surface area (Å²) in [6.07, 6.45) is 1.25. The smallest absolute Gasteiger partial charge is 0 e. The minimum absolute atomic E-state index is 0. The standard InChI is InChI=1S/C3H8.CH4.2CH3.Y/c1-3-2;;;;/h3H2,1-2H3;1H4;2*1H3;/q;;2*-1;. The summed E-state index contributed by atoms with van der Waals surface area (Å²) >= 11 is 0. The summed E-state index contributed by atoms with van der Waals surface area (Å²) in [7, 11) is 0. The fourth-order valence-electron chi connectivity index (χ4n) is 0. The third kappa shape index (κ3) is 152. The number of hydrogen-bond donors (Lipinski definition) is 0. The largest absolute Gasteiger partial charge is 0.358 e. The van der Waals surface area contributed by atoms with E-state index in [0.717, 1.165) is 0 Å². The molecular formula is C6H18Y-2. The molecular weight excluding hydrogens is 161 g/mol. The van der Waals surface area contributed by atoms with E-state index in [1.54, 1.807) is 0 Å². The molecule has 0 unspecified atom stereocenters. The molecule has 47 valence electrons. The quantitative estimate of drug-likeness (QED) is 0.501. The van der Waals surface area contributed by atoms with E-state index in [1.807, 2.05) is 0 Å². The minimum Gasteiger partial charge on any atom is -0.358 e. The fourth-order valence-corrected chi connectivity index (χ4v) is 0. The molecule has 0 aliphatic carbocycles. The van der Waals surface area contributed by atoms with E-state index in [9.17, 15) is 0 Å². The zero-order valence-electron chi connectivity index (χ0n) is 5.28. The first kappa shape index (κ1) is 42.4. The van der Waals surface area contributed by atoms with Crippen molar-refractivity contribution < 1.29 is 32.7 Å². The molecule has 0 amide bonds. The Hall–Kier alpha value is 1.10. The van der Waals surface area contributed by atoms with Crippen LogP contribution in [0.15, 0.2) is 0 Å². The molecule has 0 fully saturated rings. The van der Waals surface area contributed by atoms with Crippen molar-refractivity contribution in [3.8, 4) is 0 Å². The van der Waals surface area contributed by atoms with Gasteiger partial charge in [0.1, 0.15) is 0 Å². The normalized spacial score (nSPS) is 2.57. The topological polar surface area (TPSA) is 0 Å². The van der Waals surface area contributed by atoms with Crippen LogP contribution in [0.25, 0.3) is 0 Å². The Bertz CT molecular complexity index is 4.14. The predicted molar refractivity (Wildman–Crippen MR) is 35.5 cm³/mol. The van der Waals surface area contributed by atoms with Gasteiger partial charge in [-0.1, -0.05) is 27.7 Å². The van der Waals surface area contributed by atoms with Gasteiger partial charge >= 0.3 is 0 Å². The van der Waals surface area contributed by atoms with Crippen LogP contribution >= 0.6 is 0 Å². The van der Waals surface area contributed by atoms with Gasteiger partial charge in [-0.3, -0.25) is 0 Å². The van der Waals surface area contributed by atoms with Crippen LogP contribution in [0.4, 0.5) is 0 Å².